The highest BCUT2D eigenvalue weighted by Gasteiger charge is 2.73. The molecule has 1 N–H and O–H groups in total. The van der Waals surface area contributed by atoms with Crippen molar-refractivity contribution in [3.05, 3.63) is 65.5 Å². The van der Waals surface area contributed by atoms with E-state index < -0.39 is 94.6 Å². The van der Waals surface area contributed by atoms with Gasteiger partial charge < -0.3 is 33.5 Å². The summed E-state index contributed by atoms with van der Waals surface area (Å²) in [6, 6.07) is 9.04. The van der Waals surface area contributed by atoms with Gasteiger partial charge >= 0.3 is 35.8 Å². The molecule has 3 aliphatic rings. The molecule has 282 valence electrons. The zero-order chi connectivity index (χ0) is 38.9. The van der Waals surface area contributed by atoms with Crippen LogP contribution in [-0.2, 0) is 57.2 Å². The fraction of sp³-hybridized carbons (Fsp3) is 0.538. The van der Waals surface area contributed by atoms with Crippen molar-refractivity contribution in [3.8, 4) is 0 Å². The zero-order valence-electron chi connectivity index (χ0n) is 31.1. The van der Waals surface area contributed by atoms with E-state index in [1.165, 1.54) is 33.8 Å². The molecule has 0 unspecified atom stereocenters. The van der Waals surface area contributed by atoms with Gasteiger partial charge in [-0.05, 0) is 24.1 Å². The highest BCUT2D eigenvalue weighted by atomic mass is 16.6. The molecule has 2 saturated carbocycles. The van der Waals surface area contributed by atoms with Crippen LogP contribution in [-0.4, -0.2) is 77.0 Å². The van der Waals surface area contributed by atoms with E-state index in [1.54, 1.807) is 39.0 Å². The fourth-order valence-electron chi connectivity index (χ4n) is 8.53. The van der Waals surface area contributed by atoms with Gasteiger partial charge in [0.25, 0.3) is 0 Å². The summed E-state index contributed by atoms with van der Waals surface area (Å²) in [4.78, 5) is 77.5. The van der Waals surface area contributed by atoms with Crippen LogP contribution >= 0.6 is 0 Å². The molecule has 9 atom stereocenters. The summed E-state index contributed by atoms with van der Waals surface area (Å²) >= 11 is 0. The third-order valence-corrected chi connectivity index (χ3v) is 10.9. The van der Waals surface area contributed by atoms with Crippen LogP contribution < -0.4 is 0 Å². The van der Waals surface area contributed by atoms with Crippen LogP contribution in [0.1, 0.15) is 80.7 Å². The van der Waals surface area contributed by atoms with Crippen LogP contribution in [0, 0.1) is 22.7 Å². The van der Waals surface area contributed by atoms with E-state index >= 15 is 0 Å². The highest BCUT2D eigenvalue weighted by Crippen LogP contribution is 2.64. The van der Waals surface area contributed by atoms with Gasteiger partial charge in [0.1, 0.15) is 29.7 Å². The fourth-order valence-corrected chi connectivity index (χ4v) is 8.53. The molecule has 0 radical (unpaired) electrons. The van der Waals surface area contributed by atoms with E-state index in [1.807, 2.05) is 18.2 Å². The van der Waals surface area contributed by atoms with E-state index in [2.05, 4.69) is 6.58 Å². The van der Waals surface area contributed by atoms with E-state index in [0.29, 0.717) is 0 Å². The van der Waals surface area contributed by atoms with Gasteiger partial charge in [0.2, 0.25) is 0 Å². The highest BCUT2D eigenvalue weighted by molar-refractivity contribution is 5.87. The smallest absolute Gasteiger partial charge is 0.331 e. The average molecular weight is 725 g/mol. The monoisotopic (exact) mass is 724 g/mol. The van der Waals surface area contributed by atoms with E-state index in [4.69, 9.17) is 28.4 Å². The molecule has 13 nitrogen and oxygen atoms in total. The number of hydrogen-bond donors (Lipinski definition) is 1. The van der Waals surface area contributed by atoms with E-state index in [0.717, 1.165) is 19.4 Å². The maximum Gasteiger partial charge on any atom is 0.331 e. The summed E-state index contributed by atoms with van der Waals surface area (Å²) in [5, 5.41) is 13.1. The van der Waals surface area contributed by atoms with Crippen molar-refractivity contribution >= 4 is 41.9 Å². The van der Waals surface area contributed by atoms with Crippen molar-refractivity contribution in [3.63, 3.8) is 0 Å². The molecule has 2 bridgehead atoms. The first kappa shape index (κ1) is 40.0. The minimum absolute atomic E-state index is 0.0331. The molecule has 0 saturated heterocycles. The Balaban J connectivity index is 2.05. The maximum atomic E-state index is 13.3. The Morgan fingerprint density at radius 1 is 0.788 bits per heavy atom. The molecule has 1 aromatic carbocycles. The molecular formula is C39H48O13. The molecule has 0 aliphatic heterocycles. The number of carbonyl (C=O) groups is 6. The Hall–Kier alpha value is -4.78. The molecule has 1 aromatic rings. The Morgan fingerprint density at radius 2 is 1.35 bits per heavy atom. The molecule has 13 heteroatoms. The van der Waals surface area contributed by atoms with Crippen LogP contribution in [0.2, 0.25) is 0 Å². The minimum Gasteiger partial charge on any atom is -0.462 e. The lowest BCUT2D eigenvalue weighted by atomic mass is 9.45. The first-order chi connectivity index (χ1) is 24.2. The first-order valence-electron chi connectivity index (χ1n) is 17.1. The number of esters is 6. The van der Waals surface area contributed by atoms with Crippen LogP contribution in [0.4, 0.5) is 0 Å². The van der Waals surface area contributed by atoms with Crippen molar-refractivity contribution in [1.29, 1.82) is 0 Å². The standard InChI is InChI=1S/C39H48O13/c1-20-29(52-32(45)17-16-27-14-12-11-13-15-27)19-31(48-23(4)41)38(10)33(20)34(49-24(5)42)28-18-30(47-22(3)40)21(2)39(46,37(28,8)9)36(51-26(7)44)35(38)50-25(6)43/h11-17,28-29,31,33-36,46H,1,18-19H2,2-10H3/b17-16+/t28-,29-,31-,33-,34+,35-,36-,38+,39-/m0/s1. The second kappa shape index (κ2) is 15.1. The van der Waals surface area contributed by atoms with E-state index in [9.17, 15) is 33.9 Å². The van der Waals surface area contributed by atoms with Crippen molar-refractivity contribution in [2.45, 2.75) is 111 Å². The Bertz CT molecular complexity index is 1690. The lowest BCUT2D eigenvalue weighted by Crippen LogP contribution is -2.75. The largest absolute Gasteiger partial charge is 0.462 e. The molecule has 0 aromatic heterocycles. The number of carbonyl (C=O) groups excluding carboxylic acids is 6. The van der Waals surface area contributed by atoms with Gasteiger partial charge in [-0.25, -0.2) is 4.79 Å². The van der Waals surface area contributed by atoms with Crippen LogP contribution in [0.15, 0.2) is 59.9 Å². The Kier molecular flexibility index (Phi) is 11.6. The van der Waals surface area contributed by atoms with Crippen molar-refractivity contribution in [2.75, 3.05) is 0 Å². The molecular weight excluding hydrogens is 676 g/mol. The zero-order valence-corrected chi connectivity index (χ0v) is 31.1. The van der Waals surface area contributed by atoms with Gasteiger partial charge in [-0.3, -0.25) is 24.0 Å². The van der Waals surface area contributed by atoms with Gasteiger partial charge in [-0.15, -0.1) is 0 Å². The number of benzene rings is 1. The molecule has 52 heavy (non-hydrogen) atoms. The number of ether oxygens (including phenoxy) is 6. The molecule has 0 amide bonds. The predicted octanol–water partition coefficient (Wildman–Crippen LogP) is 4.55. The van der Waals surface area contributed by atoms with Gasteiger partial charge in [-0.1, -0.05) is 57.7 Å². The molecule has 0 spiro atoms. The van der Waals surface area contributed by atoms with Gasteiger partial charge in [0.05, 0.1) is 5.41 Å². The Morgan fingerprint density at radius 3 is 1.88 bits per heavy atom. The summed E-state index contributed by atoms with van der Waals surface area (Å²) < 4.78 is 35.7. The summed E-state index contributed by atoms with van der Waals surface area (Å²) in [7, 11) is 0. The minimum atomic E-state index is -2.24. The number of allylic oxidation sites excluding steroid dienone is 1. The predicted molar refractivity (Wildman–Crippen MR) is 184 cm³/mol. The SMILES string of the molecule is C=C1[C@@H](OC(=O)/C=C/c2ccccc2)C[C@H](OC(C)=O)[C@@]2(C)[C@@H](OC(C)=O)[C@H](OC(C)=O)[C@@]3(O)C(C)=C(OC(C)=O)C[C@@H]([C@@H](OC(C)=O)[C@H]12)C3(C)C. The Labute approximate surface area is 303 Å². The van der Waals surface area contributed by atoms with Gasteiger partial charge in [0.15, 0.2) is 12.2 Å². The van der Waals surface area contributed by atoms with Crippen molar-refractivity contribution in [2.24, 2.45) is 22.7 Å². The normalized spacial score (nSPS) is 32.3. The summed E-state index contributed by atoms with van der Waals surface area (Å²) in [6.07, 6.45) is -4.41. The van der Waals surface area contributed by atoms with Crippen LogP contribution in [0.5, 0.6) is 0 Å². The quantitative estimate of drug-likeness (QED) is 0.171. The van der Waals surface area contributed by atoms with Gasteiger partial charge in [0, 0.05) is 76.4 Å². The number of aliphatic hydroxyl groups is 1. The number of hydrogen-bond acceptors (Lipinski definition) is 13. The van der Waals surface area contributed by atoms with E-state index in [-0.39, 0.29) is 29.7 Å². The average Bonchev–Trinajstić information content (AvgIpc) is 3.03. The second-order valence-corrected chi connectivity index (χ2v) is 14.5. The van der Waals surface area contributed by atoms with Crippen LogP contribution in [0.25, 0.3) is 6.08 Å². The van der Waals surface area contributed by atoms with Crippen molar-refractivity contribution < 1.29 is 62.3 Å². The number of rotatable bonds is 8. The maximum absolute atomic E-state index is 13.3. The third-order valence-electron chi connectivity index (χ3n) is 10.9. The van der Waals surface area contributed by atoms with Crippen molar-refractivity contribution in [1.82, 2.24) is 0 Å². The molecule has 4 rings (SSSR count). The lowest BCUT2D eigenvalue weighted by molar-refractivity contribution is -0.277. The third kappa shape index (κ3) is 7.41. The van der Waals surface area contributed by atoms with Crippen LogP contribution in [0.3, 0.4) is 0 Å². The first-order valence-corrected chi connectivity index (χ1v) is 17.1. The topological polar surface area (TPSA) is 178 Å². The molecule has 0 heterocycles. The second-order valence-electron chi connectivity index (χ2n) is 14.5. The number of fused-ring (bicyclic) bond motifs is 3. The summed E-state index contributed by atoms with van der Waals surface area (Å²) in [5.41, 5.74) is -4.22. The summed E-state index contributed by atoms with van der Waals surface area (Å²) in [5.74, 6) is -6.63. The lowest BCUT2D eigenvalue weighted by Gasteiger charge is -2.64. The molecule has 2 fully saturated rings. The van der Waals surface area contributed by atoms with Gasteiger partial charge in [-0.2, -0.15) is 0 Å². The molecule has 3 aliphatic carbocycles. The summed E-state index contributed by atoms with van der Waals surface area (Å²) in [6.45, 7) is 16.6.